The molecule has 1 fully saturated rings. The van der Waals surface area contributed by atoms with E-state index in [0.717, 1.165) is 60.5 Å². The van der Waals surface area contributed by atoms with Crippen LogP contribution < -0.4 is 10.2 Å². The highest BCUT2D eigenvalue weighted by Crippen LogP contribution is 2.32. The third-order valence-electron chi connectivity index (χ3n) is 8.12. The van der Waals surface area contributed by atoms with Crippen LogP contribution in [0.5, 0.6) is 0 Å². The Bertz CT molecular complexity index is 1560. The van der Waals surface area contributed by atoms with E-state index in [1.165, 1.54) is 27.9 Å². The second-order valence-electron chi connectivity index (χ2n) is 11.5. The first-order valence-corrected chi connectivity index (χ1v) is 15.3. The number of nitrogens with one attached hydrogen (secondary N) is 1. The van der Waals surface area contributed by atoms with E-state index in [1.54, 1.807) is 12.3 Å². The van der Waals surface area contributed by atoms with Gasteiger partial charge in [0.1, 0.15) is 12.6 Å². The zero-order valence-electron chi connectivity index (χ0n) is 25.6. The van der Waals surface area contributed by atoms with E-state index in [0.29, 0.717) is 12.8 Å². The first-order valence-electron chi connectivity index (χ1n) is 15.3. The zero-order valence-corrected chi connectivity index (χ0v) is 25.6. The van der Waals surface area contributed by atoms with Crippen molar-refractivity contribution >= 4 is 29.4 Å². The molecule has 4 nitrogen and oxygen atoms in total. The van der Waals surface area contributed by atoms with Gasteiger partial charge in [-0.25, -0.2) is 4.39 Å². The van der Waals surface area contributed by atoms with Gasteiger partial charge in [0.2, 0.25) is 0 Å². The number of ether oxygens (including phenoxy) is 1. The molecule has 5 heteroatoms. The predicted molar refractivity (Wildman–Crippen MR) is 181 cm³/mol. The molecule has 1 aliphatic carbocycles. The number of allylic oxidation sites excluding steroid dienone is 6. The van der Waals surface area contributed by atoms with Crippen LogP contribution in [0.4, 0.5) is 21.5 Å². The number of halogens is 1. The van der Waals surface area contributed by atoms with Crippen molar-refractivity contribution in [1.82, 2.24) is 0 Å². The Balaban J connectivity index is 1.37. The van der Waals surface area contributed by atoms with Gasteiger partial charge in [-0.05, 0) is 96.9 Å². The third kappa shape index (κ3) is 7.99. The van der Waals surface area contributed by atoms with E-state index in [-0.39, 0.29) is 12.2 Å². The molecule has 1 N–H and O–H groups in total. The van der Waals surface area contributed by atoms with Crippen LogP contribution in [-0.4, -0.2) is 32.1 Å². The van der Waals surface area contributed by atoms with E-state index in [9.17, 15) is 0 Å². The van der Waals surface area contributed by atoms with Gasteiger partial charge in [-0.15, -0.1) is 0 Å². The van der Waals surface area contributed by atoms with Gasteiger partial charge in [-0.3, -0.25) is 4.99 Å². The number of rotatable bonds is 11. The van der Waals surface area contributed by atoms with Crippen LogP contribution in [0.15, 0.2) is 107 Å². The molecule has 3 aromatic rings. The Morgan fingerprint density at radius 3 is 2.65 bits per heavy atom. The lowest BCUT2D eigenvalue weighted by molar-refractivity contribution is 0.201. The Morgan fingerprint density at radius 2 is 1.91 bits per heavy atom. The maximum absolute atomic E-state index is 15.1. The van der Waals surface area contributed by atoms with Crippen molar-refractivity contribution in [1.29, 1.82) is 0 Å². The maximum atomic E-state index is 15.1. The average molecular weight is 576 g/mol. The molecule has 0 radical (unpaired) electrons. The normalized spacial score (nSPS) is 16.0. The van der Waals surface area contributed by atoms with E-state index >= 15 is 4.39 Å². The van der Waals surface area contributed by atoms with Crippen LogP contribution in [0.25, 0.3) is 17.2 Å². The van der Waals surface area contributed by atoms with Gasteiger partial charge in [-0.1, -0.05) is 73.7 Å². The fraction of sp³-hybridized carbons (Fsp3) is 0.289. The molecule has 0 spiro atoms. The lowest BCUT2D eigenvalue weighted by Gasteiger charge is -2.19. The van der Waals surface area contributed by atoms with Gasteiger partial charge >= 0.3 is 0 Å². The van der Waals surface area contributed by atoms with Crippen molar-refractivity contribution in [3.8, 4) is 11.1 Å². The van der Waals surface area contributed by atoms with Gasteiger partial charge in [-0.2, -0.15) is 0 Å². The highest BCUT2D eigenvalue weighted by atomic mass is 19.1. The predicted octanol–water partition coefficient (Wildman–Crippen LogP) is 9.75. The summed E-state index contributed by atoms with van der Waals surface area (Å²) < 4.78 is 20.7. The van der Waals surface area contributed by atoms with Crippen LogP contribution in [0.2, 0.25) is 0 Å². The quantitative estimate of drug-likeness (QED) is 0.231. The Hall–Kier alpha value is -4.22. The first kappa shape index (κ1) is 30.2. The van der Waals surface area contributed by atoms with E-state index < -0.39 is 0 Å². The molecular weight excluding hydrogens is 533 g/mol. The summed E-state index contributed by atoms with van der Waals surface area (Å²) in [5, 5.41) is 3.53. The summed E-state index contributed by atoms with van der Waals surface area (Å²) >= 11 is 0. The summed E-state index contributed by atoms with van der Waals surface area (Å²) in [4.78, 5) is 7.04. The minimum atomic E-state index is -0.152. The molecule has 3 aromatic carbocycles. The second kappa shape index (κ2) is 14.3. The minimum Gasteiger partial charge on any atom is -0.381 e. The highest BCUT2D eigenvalue weighted by Gasteiger charge is 2.16. The van der Waals surface area contributed by atoms with Crippen LogP contribution in [0, 0.1) is 6.92 Å². The largest absolute Gasteiger partial charge is 0.381 e. The molecular formula is C38H42FN3O. The standard InChI is InChI=1S/C38H42FN3O/c1-5-28(4)41-37-18-12-29(6-2)23-38(37)40-25-31-10-9-30(21-34(39)22-31)11-15-33-24-35(42-19-20-43-26-42)16-17-36(33)32-13-7-27(3)8-14-32/h6-10,12-14,16-18,21,23-25,28,41H,2,5,11,15,19-20,22,26H2,1,3-4H3. The molecule has 0 aromatic heterocycles. The van der Waals surface area contributed by atoms with E-state index in [4.69, 9.17) is 9.73 Å². The molecule has 0 saturated carbocycles. The van der Waals surface area contributed by atoms with Crippen molar-refractivity contribution in [2.24, 2.45) is 4.99 Å². The number of benzene rings is 3. The van der Waals surface area contributed by atoms with Crippen LogP contribution in [0.1, 0.15) is 49.8 Å². The van der Waals surface area contributed by atoms with Crippen molar-refractivity contribution in [3.63, 3.8) is 0 Å². The van der Waals surface area contributed by atoms with Crippen molar-refractivity contribution in [2.45, 2.75) is 52.5 Å². The molecule has 43 heavy (non-hydrogen) atoms. The monoisotopic (exact) mass is 575 g/mol. The molecule has 1 unspecified atom stereocenters. The SMILES string of the molecule is C=Cc1ccc(NC(C)CC)c(N=CC2=CC=C(CCc3cc(N4CCOC4)ccc3-c3ccc(C)cc3)C=C(F)C2)c1. The zero-order chi connectivity index (χ0) is 30.2. The first-order chi connectivity index (χ1) is 20.9. The molecule has 0 amide bonds. The van der Waals surface area contributed by atoms with Crippen LogP contribution >= 0.6 is 0 Å². The third-order valence-corrected chi connectivity index (χ3v) is 8.12. The van der Waals surface area contributed by atoms with Gasteiger partial charge in [0, 0.05) is 30.9 Å². The Morgan fingerprint density at radius 1 is 1.07 bits per heavy atom. The fourth-order valence-electron chi connectivity index (χ4n) is 5.33. The number of nitrogens with zero attached hydrogens (tertiary/aromatic N) is 2. The number of aryl methyl sites for hydroxylation is 2. The summed E-state index contributed by atoms with van der Waals surface area (Å²) in [6.07, 6.45) is 12.1. The lowest BCUT2D eigenvalue weighted by Crippen LogP contribution is -2.18. The molecule has 2 aliphatic rings. The summed E-state index contributed by atoms with van der Waals surface area (Å²) in [7, 11) is 0. The van der Waals surface area contributed by atoms with Crippen LogP contribution in [0.3, 0.4) is 0 Å². The van der Waals surface area contributed by atoms with Gasteiger partial charge in [0.25, 0.3) is 0 Å². The molecule has 1 aliphatic heterocycles. The van der Waals surface area contributed by atoms with Crippen molar-refractivity contribution in [3.05, 3.63) is 119 Å². The topological polar surface area (TPSA) is 36.9 Å². The van der Waals surface area contributed by atoms with Gasteiger partial charge < -0.3 is 15.0 Å². The molecule has 0 bridgehead atoms. The smallest absolute Gasteiger partial charge is 0.119 e. The van der Waals surface area contributed by atoms with Gasteiger partial charge in [0.05, 0.1) is 18.0 Å². The minimum absolute atomic E-state index is 0.152. The van der Waals surface area contributed by atoms with Crippen molar-refractivity contribution in [2.75, 3.05) is 30.1 Å². The Kier molecular flexibility index (Phi) is 10.1. The summed E-state index contributed by atoms with van der Waals surface area (Å²) in [5.74, 6) is -0.152. The number of anilines is 2. The molecule has 5 rings (SSSR count). The molecule has 1 atom stereocenters. The molecule has 1 heterocycles. The van der Waals surface area contributed by atoms with E-state index in [1.807, 2.05) is 36.4 Å². The van der Waals surface area contributed by atoms with Crippen LogP contribution in [-0.2, 0) is 11.2 Å². The highest BCUT2D eigenvalue weighted by molar-refractivity contribution is 5.85. The Labute approximate surface area is 256 Å². The number of aliphatic imine (C=N–C) groups is 1. The summed E-state index contributed by atoms with van der Waals surface area (Å²) in [6, 6.07) is 21.7. The van der Waals surface area contributed by atoms with Gasteiger partial charge in [0.15, 0.2) is 0 Å². The average Bonchev–Trinajstić information content (AvgIpc) is 3.50. The number of hydrogen-bond acceptors (Lipinski definition) is 4. The maximum Gasteiger partial charge on any atom is 0.119 e. The molecule has 1 saturated heterocycles. The summed E-state index contributed by atoms with van der Waals surface area (Å²) in [6.45, 7) is 12.6. The fourth-order valence-corrected chi connectivity index (χ4v) is 5.33. The van der Waals surface area contributed by atoms with E-state index in [2.05, 4.69) is 80.0 Å². The van der Waals surface area contributed by atoms with Crippen molar-refractivity contribution < 1.29 is 9.13 Å². The number of hydrogen-bond donors (Lipinski definition) is 1. The summed E-state index contributed by atoms with van der Waals surface area (Å²) in [5.41, 5.74) is 10.7. The molecule has 222 valence electrons. The second-order valence-corrected chi connectivity index (χ2v) is 11.5. The lowest BCUT2D eigenvalue weighted by atomic mass is 9.93.